The van der Waals surface area contributed by atoms with Crippen LogP contribution in [0.3, 0.4) is 0 Å². The van der Waals surface area contributed by atoms with E-state index in [9.17, 15) is 19.2 Å². The molecular formula is C36H46N4O6. The summed E-state index contributed by atoms with van der Waals surface area (Å²) in [6.45, 7) is 9.42. The van der Waals surface area contributed by atoms with Gasteiger partial charge in [-0.3, -0.25) is 14.4 Å². The highest BCUT2D eigenvalue weighted by molar-refractivity contribution is 5.93. The summed E-state index contributed by atoms with van der Waals surface area (Å²) in [5.74, 6) is -1.13. The zero-order valence-corrected chi connectivity index (χ0v) is 27.2. The van der Waals surface area contributed by atoms with Crippen molar-refractivity contribution in [2.75, 3.05) is 0 Å². The molecule has 0 heterocycles. The molecule has 0 radical (unpaired) electrons. The maximum absolute atomic E-state index is 13.7. The van der Waals surface area contributed by atoms with E-state index in [0.29, 0.717) is 18.8 Å². The average Bonchev–Trinajstić information content (AvgIpc) is 2.99. The van der Waals surface area contributed by atoms with Crippen LogP contribution in [0.5, 0.6) is 5.75 Å². The molecule has 46 heavy (non-hydrogen) atoms. The molecule has 3 unspecified atom stereocenters. The maximum atomic E-state index is 13.7. The van der Waals surface area contributed by atoms with Gasteiger partial charge in [0.2, 0.25) is 17.7 Å². The van der Waals surface area contributed by atoms with Crippen LogP contribution in [0, 0.1) is 5.92 Å². The molecule has 0 spiro atoms. The summed E-state index contributed by atoms with van der Waals surface area (Å²) in [5.41, 5.74) is 7.45. The molecule has 3 aromatic rings. The highest BCUT2D eigenvalue weighted by atomic mass is 16.6. The molecule has 0 aliphatic carbocycles. The van der Waals surface area contributed by atoms with Crippen LogP contribution in [0.1, 0.15) is 57.7 Å². The van der Waals surface area contributed by atoms with Crippen molar-refractivity contribution in [3.05, 3.63) is 102 Å². The van der Waals surface area contributed by atoms with Crippen molar-refractivity contribution in [1.29, 1.82) is 0 Å². The van der Waals surface area contributed by atoms with Crippen LogP contribution in [0.2, 0.25) is 0 Å². The molecule has 3 atom stereocenters. The molecule has 0 aliphatic heterocycles. The second-order valence-electron chi connectivity index (χ2n) is 12.7. The van der Waals surface area contributed by atoms with Crippen molar-refractivity contribution in [1.82, 2.24) is 16.0 Å². The summed E-state index contributed by atoms with van der Waals surface area (Å²) in [6, 6.07) is 23.2. The van der Waals surface area contributed by atoms with Crippen LogP contribution in [-0.4, -0.2) is 47.5 Å². The van der Waals surface area contributed by atoms with Gasteiger partial charge in [0.15, 0.2) is 0 Å². The van der Waals surface area contributed by atoms with Gasteiger partial charge in [-0.05, 0) is 61.9 Å². The quantitative estimate of drug-likeness (QED) is 0.195. The molecule has 10 heteroatoms. The van der Waals surface area contributed by atoms with Gasteiger partial charge < -0.3 is 31.2 Å². The Balaban J connectivity index is 1.75. The highest BCUT2D eigenvalue weighted by Crippen LogP contribution is 2.17. The SMILES string of the molecule is CC(C)CC(NC(=O)C(Cc1ccc(OCc2ccccc2)cc1)NC(=O)OC(C)(C)C)C(=O)NC(Cc1ccccc1)C(N)=O. The van der Waals surface area contributed by atoms with E-state index >= 15 is 0 Å². The number of carbonyl (C=O) groups excluding carboxylic acids is 4. The monoisotopic (exact) mass is 630 g/mol. The largest absolute Gasteiger partial charge is 0.489 e. The molecule has 0 saturated carbocycles. The maximum Gasteiger partial charge on any atom is 0.408 e. The average molecular weight is 631 g/mol. The molecular weight excluding hydrogens is 584 g/mol. The van der Waals surface area contributed by atoms with Crippen molar-refractivity contribution in [2.24, 2.45) is 11.7 Å². The summed E-state index contributed by atoms with van der Waals surface area (Å²) in [4.78, 5) is 52.2. The van der Waals surface area contributed by atoms with Gasteiger partial charge in [0, 0.05) is 12.8 Å². The third-order valence-corrected chi connectivity index (χ3v) is 6.90. The fraction of sp³-hybridized carbons (Fsp3) is 0.389. The summed E-state index contributed by atoms with van der Waals surface area (Å²) < 4.78 is 11.3. The van der Waals surface area contributed by atoms with Crippen LogP contribution in [-0.2, 0) is 38.6 Å². The molecule has 4 amide bonds. The third-order valence-electron chi connectivity index (χ3n) is 6.90. The number of ether oxygens (including phenoxy) is 2. The first kappa shape index (κ1) is 35.6. The standard InChI is InChI=1S/C36H46N4O6/c1-24(2)20-30(33(42)38-29(32(37)41)21-25-12-8-6-9-13-25)39-34(43)31(40-35(44)46-36(3,4)5)22-26-16-18-28(19-17-26)45-23-27-14-10-7-11-15-27/h6-19,24,29-31H,20-23H2,1-5H3,(H2,37,41)(H,38,42)(H,39,43)(H,40,44). The van der Waals surface area contributed by atoms with Crippen LogP contribution < -0.4 is 26.4 Å². The van der Waals surface area contributed by atoms with E-state index in [2.05, 4.69) is 16.0 Å². The number of primary amides is 1. The molecule has 0 aliphatic rings. The van der Waals surface area contributed by atoms with Gasteiger partial charge in [0.25, 0.3) is 0 Å². The number of nitrogens with two attached hydrogens (primary N) is 1. The lowest BCUT2D eigenvalue weighted by molar-refractivity contribution is -0.132. The zero-order valence-electron chi connectivity index (χ0n) is 27.2. The number of alkyl carbamates (subject to hydrolysis) is 1. The van der Waals surface area contributed by atoms with Crippen LogP contribution in [0.4, 0.5) is 4.79 Å². The van der Waals surface area contributed by atoms with E-state index in [1.165, 1.54) is 0 Å². The van der Waals surface area contributed by atoms with Crippen molar-refractivity contribution in [2.45, 2.75) is 84.2 Å². The van der Waals surface area contributed by atoms with Gasteiger partial charge in [0.1, 0.15) is 36.1 Å². The lowest BCUT2D eigenvalue weighted by atomic mass is 10.00. The molecule has 3 aromatic carbocycles. The Morgan fingerprint density at radius 1 is 0.674 bits per heavy atom. The van der Waals surface area contributed by atoms with Crippen molar-refractivity contribution in [3.8, 4) is 5.75 Å². The Morgan fingerprint density at radius 3 is 1.72 bits per heavy atom. The molecule has 0 saturated heterocycles. The number of benzene rings is 3. The molecule has 0 aromatic heterocycles. The van der Waals surface area contributed by atoms with Gasteiger partial charge in [-0.25, -0.2) is 4.79 Å². The molecule has 0 fully saturated rings. The normalized spacial score (nSPS) is 13.2. The molecule has 246 valence electrons. The molecule has 5 N–H and O–H groups in total. The van der Waals surface area contributed by atoms with Crippen LogP contribution in [0.25, 0.3) is 0 Å². The smallest absolute Gasteiger partial charge is 0.408 e. The number of carbonyl (C=O) groups is 4. The van der Waals surface area contributed by atoms with E-state index < -0.39 is 47.5 Å². The lowest BCUT2D eigenvalue weighted by Crippen LogP contribution is -2.57. The minimum atomic E-state index is -1.07. The van der Waals surface area contributed by atoms with Crippen LogP contribution >= 0.6 is 0 Å². The first-order valence-electron chi connectivity index (χ1n) is 15.5. The second kappa shape index (κ2) is 17.0. The third kappa shape index (κ3) is 12.6. The Bertz CT molecular complexity index is 1420. The molecule has 0 bridgehead atoms. The van der Waals surface area contributed by atoms with E-state index in [4.69, 9.17) is 15.2 Å². The van der Waals surface area contributed by atoms with Crippen molar-refractivity contribution >= 4 is 23.8 Å². The minimum Gasteiger partial charge on any atom is -0.489 e. The fourth-order valence-electron chi connectivity index (χ4n) is 4.68. The van der Waals surface area contributed by atoms with Crippen molar-refractivity contribution < 1.29 is 28.7 Å². The molecule has 3 rings (SSSR count). The lowest BCUT2D eigenvalue weighted by Gasteiger charge is -2.27. The van der Waals surface area contributed by atoms with E-state index in [1.54, 1.807) is 32.9 Å². The fourth-order valence-corrected chi connectivity index (χ4v) is 4.68. The van der Waals surface area contributed by atoms with E-state index in [1.807, 2.05) is 86.6 Å². The Morgan fingerprint density at radius 2 is 1.17 bits per heavy atom. The van der Waals surface area contributed by atoms with Gasteiger partial charge in [-0.1, -0.05) is 86.6 Å². The predicted octanol–water partition coefficient (Wildman–Crippen LogP) is 4.45. The summed E-state index contributed by atoms with van der Waals surface area (Å²) >= 11 is 0. The van der Waals surface area contributed by atoms with E-state index in [-0.39, 0.29) is 18.8 Å². The number of hydrogen-bond acceptors (Lipinski definition) is 6. The number of rotatable bonds is 15. The minimum absolute atomic E-state index is 0.0258. The second-order valence-corrected chi connectivity index (χ2v) is 12.7. The number of nitrogens with one attached hydrogen (secondary N) is 3. The first-order chi connectivity index (χ1) is 21.8. The summed E-state index contributed by atoms with van der Waals surface area (Å²) in [7, 11) is 0. The van der Waals surface area contributed by atoms with Gasteiger partial charge in [-0.2, -0.15) is 0 Å². The van der Waals surface area contributed by atoms with Crippen LogP contribution in [0.15, 0.2) is 84.9 Å². The molecule has 10 nitrogen and oxygen atoms in total. The van der Waals surface area contributed by atoms with Gasteiger partial charge in [-0.15, -0.1) is 0 Å². The summed E-state index contributed by atoms with van der Waals surface area (Å²) in [6.07, 6.45) is -0.145. The predicted molar refractivity (Wildman–Crippen MR) is 177 cm³/mol. The number of hydrogen-bond donors (Lipinski definition) is 4. The van der Waals surface area contributed by atoms with E-state index in [0.717, 1.165) is 16.7 Å². The first-order valence-corrected chi connectivity index (χ1v) is 15.5. The Hall–Kier alpha value is -4.86. The van der Waals surface area contributed by atoms with Crippen molar-refractivity contribution in [3.63, 3.8) is 0 Å². The van der Waals surface area contributed by atoms with Gasteiger partial charge >= 0.3 is 6.09 Å². The van der Waals surface area contributed by atoms with Gasteiger partial charge in [0.05, 0.1) is 0 Å². The highest BCUT2D eigenvalue weighted by Gasteiger charge is 2.31. The topological polar surface area (TPSA) is 149 Å². The summed E-state index contributed by atoms with van der Waals surface area (Å²) in [5, 5.41) is 8.17. The number of amides is 4. The zero-order chi connectivity index (χ0) is 33.7. The Kier molecular flexibility index (Phi) is 13.2. The Labute approximate surface area is 271 Å².